The highest BCUT2D eigenvalue weighted by molar-refractivity contribution is 7.80. The number of nitrogens with zero attached hydrogens (tertiary/aromatic N) is 4. The molecule has 24 N–H and O–H groups in total. The first kappa shape index (κ1) is 81.6. The maximum absolute atomic E-state index is 14.6. The number of nitrogens with two attached hydrogens (primary N) is 7. The zero-order valence-corrected chi connectivity index (χ0v) is 55.8. The maximum atomic E-state index is 14.6. The lowest BCUT2D eigenvalue weighted by Gasteiger charge is -2.29. The molecule has 0 spiro atoms. The molecule has 36 heteroatoms. The summed E-state index contributed by atoms with van der Waals surface area (Å²) in [5.74, 6) is -8.76. The van der Waals surface area contributed by atoms with Crippen molar-refractivity contribution in [2.45, 2.75) is 166 Å². The van der Waals surface area contributed by atoms with E-state index in [1.54, 1.807) is 58.0 Å². The van der Waals surface area contributed by atoms with Gasteiger partial charge in [0.25, 0.3) is 0 Å². The lowest BCUT2D eigenvalue weighted by Crippen LogP contribution is -2.61. The van der Waals surface area contributed by atoms with Crippen LogP contribution in [0.15, 0.2) is 45.3 Å². The van der Waals surface area contributed by atoms with Crippen LogP contribution in [0.5, 0.6) is 0 Å². The van der Waals surface area contributed by atoms with E-state index < -0.39 is 132 Å². The Bertz CT molecular complexity index is 2700. The fourth-order valence-corrected chi connectivity index (χ4v) is 9.75. The molecule has 94 heavy (non-hydrogen) atoms. The largest absolute Gasteiger partial charge is 0.449 e. The molecule has 0 aliphatic carbocycles. The summed E-state index contributed by atoms with van der Waals surface area (Å²) in [6.07, 6.45) is 0.144. The van der Waals surface area contributed by atoms with E-state index in [0.717, 1.165) is 0 Å². The Kier molecular flexibility index (Phi) is 39.0. The zero-order valence-electron chi connectivity index (χ0n) is 54.0. The highest BCUT2D eigenvalue weighted by atomic mass is 32.1. The molecule has 0 unspecified atom stereocenters. The quantitative estimate of drug-likeness (QED) is 0.0127. The molecule has 1 fully saturated rings. The van der Waals surface area contributed by atoms with Gasteiger partial charge in [-0.3, -0.25) is 63.0 Å². The van der Waals surface area contributed by atoms with Crippen molar-refractivity contribution in [2.24, 2.45) is 66.9 Å². The predicted molar refractivity (Wildman–Crippen MR) is 358 cm³/mol. The molecule has 34 nitrogen and oxygen atoms in total. The van der Waals surface area contributed by atoms with Crippen molar-refractivity contribution in [3.05, 3.63) is 35.9 Å². The first-order valence-electron chi connectivity index (χ1n) is 31.2. The van der Waals surface area contributed by atoms with E-state index in [1.807, 2.05) is 0 Å². The van der Waals surface area contributed by atoms with Gasteiger partial charge in [-0.15, -0.1) is 0 Å². The first-order valence-corrected chi connectivity index (χ1v) is 32.5. The number of hydrogen-bond donors (Lipinski definition) is 19. The van der Waals surface area contributed by atoms with Gasteiger partial charge in [0.05, 0.1) is 6.61 Å². The molecule has 528 valence electrons. The first-order chi connectivity index (χ1) is 44.6. The van der Waals surface area contributed by atoms with Crippen molar-refractivity contribution < 1.29 is 67.3 Å². The van der Waals surface area contributed by atoms with Crippen LogP contribution in [-0.4, -0.2) is 212 Å². The molecular formula is C58H100N20O14S2. The standard InChI is InChI=1S/C58H100N20O14S2/c1-33(2)30-40(74-49(84)41(31-35-14-6-5-7-15-35)75-51(86)42(32-79)76-48(83)38(18-11-23-67-55(62)63)72-52(87)43-20-13-25-78(43)58(90)92-27-29-94)50(85)77-44(34(3)4)53(88)73-39(19-12-24-68-56(64)65)47(82)71-37(17-10-22-66-54(60)61)46(81)70-36(45(59)80)16-8-9-21-69-57(89)91-26-28-93/h5-7,14-15,33-34,36-44,79,93-94H,8-13,16-32H2,1-4H3,(H2,59,80)(H,69,89)(H,70,81)(H,71,82)(H,72,87)(H,73,88)(H,74,84)(H,75,86)(H,76,83)(H,77,85)(H4,60,61,66)(H4,62,63,67)(H4,64,65,68)/t36-,37-,38-,39-,40-,41-,42-,43-,44-/m0/s1. The summed E-state index contributed by atoms with van der Waals surface area (Å²) >= 11 is 8.05. The van der Waals surface area contributed by atoms with Crippen molar-refractivity contribution in [2.75, 3.05) is 64.1 Å². The Morgan fingerprint density at radius 3 is 1.50 bits per heavy atom. The molecular weight excluding hydrogens is 1260 g/mol. The van der Waals surface area contributed by atoms with E-state index in [-0.39, 0.29) is 140 Å². The van der Waals surface area contributed by atoms with Gasteiger partial charge < -0.3 is 103 Å². The zero-order chi connectivity index (χ0) is 70.3. The van der Waals surface area contributed by atoms with Gasteiger partial charge in [-0.25, -0.2) is 9.59 Å². The molecule has 0 bridgehead atoms. The van der Waals surface area contributed by atoms with E-state index in [2.05, 4.69) is 88.1 Å². The Morgan fingerprint density at radius 2 is 1.00 bits per heavy atom. The van der Waals surface area contributed by atoms with Gasteiger partial charge in [0.2, 0.25) is 53.2 Å². The van der Waals surface area contributed by atoms with Crippen molar-refractivity contribution in [1.29, 1.82) is 0 Å². The number of carbonyl (C=O) groups excluding carboxylic acids is 11. The maximum Gasteiger partial charge on any atom is 0.410 e. The van der Waals surface area contributed by atoms with Crippen LogP contribution in [0.1, 0.15) is 110 Å². The van der Waals surface area contributed by atoms with Crippen molar-refractivity contribution >= 4 is 108 Å². The molecule has 0 radical (unpaired) electrons. The van der Waals surface area contributed by atoms with Crippen LogP contribution in [-0.2, 0) is 59.0 Å². The van der Waals surface area contributed by atoms with Crippen molar-refractivity contribution in [1.82, 2.24) is 52.8 Å². The number of rotatable bonds is 44. The van der Waals surface area contributed by atoms with Gasteiger partial charge in [-0.2, -0.15) is 25.3 Å². The molecule has 1 aromatic carbocycles. The van der Waals surface area contributed by atoms with E-state index in [0.29, 0.717) is 30.6 Å². The van der Waals surface area contributed by atoms with Crippen LogP contribution in [0.4, 0.5) is 9.59 Å². The van der Waals surface area contributed by atoms with E-state index in [4.69, 9.17) is 49.6 Å². The smallest absolute Gasteiger partial charge is 0.410 e. The number of benzene rings is 1. The molecule has 1 saturated heterocycles. The minimum Gasteiger partial charge on any atom is -0.449 e. The average molecular weight is 1370 g/mol. The minimum atomic E-state index is -1.71. The summed E-state index contributed by atoms with van der Waals surface area (Å²) < 4.78 is 10.1. The fourth-order valence-electron chi connectivity index (χ4n) is 9.57. The molecule has 9 atom stereocenters. The third kappa shape index (κ3) is 32.3. The Hall–Kier alpha value is -8.54. The van der Waals surface area contributed by atoms with Gasteiger partial charge >= 0.3 is 12.2 Å². The van der Waals surface area contributed by atoms with E-state index in [9.17, 15) is 57.8 Å². The van der Waals surface area contributed by atoms with Gasteiger partial charge in [0.15, 0.2) is 17.9 Å². The molecule has 1 aromatic rings. The number of thiol groups is 2. The SMILES string of the molecule is CC(C)C[C@H](NC(=O)[C@H](Cc1ccccc1)NC(=O)[C@H](CO)NC(=O)[C@H](CCCN=C(N)N)NC(=O)[C@@H]1CCCN1C(=O)OCCS)C(=O)N[C@H](C(=O)N[C@@H](CCCN=C(N)N)C(=O)N[C@@H](CCCN=C(N)N)C(=O)N[C@@H](CCCCNC(=O)OCCS)C(N)=O)C(C)C. The van der Waals surface area contributed by atoms with Crippen LogP contribution in [0.25, 0.3) is 0 Å². The highest BCUT2D eigenvalue weighted by Gasteiger charge is 2.39. The Labute approximate surface area is 558 Å². The third-order valence-electron chi connectivity index (χ3n) is 14.3. The monoisotopic (exact) mass is 1360 g/mol. The average Bonchev–Trinajstić information content (AvgIpc) is 1.05. The van der Waals surface area contributed by atoms with Gasteiger partial charge in [0.1, 0.15) is 67.6 Å². The number of guanidine groups is 3. The summed E-state index contributed by atoms with van der Waals surface area (Å²) in [4.78, 5) is 164. The molecule has 0 saturated carbocycles. The molecule has 0 aromatic heterocycles. The number of likely N-dealkylation sites (tertiary alicyclic amines) is 1. The summed E-state index contributed by atoms with van der Waals surface area (Å²) in [5.41, 5.74) is 39.4. The number of unbranched alkanes of at least 4 members (excludes halogenated alkanes) is 1. The lowest BCUT2D eigenvalue weighted by molar-refractivity contribution is -0.136. The third-order valence-corrected chi connectivity index (χ3v) is 14.7. The Morgan fingerprint density at radius 1 is 0.553 bits per heavy atom. The molecule has 11 amide bonds. The molecule has 1 aliphatic heterocycles. The second-order valence-electron chi connectivity index (χ2n) is 22.9. The van der Waals surface area contributed by atoms with Crippen molar-refractivity contribution in [3.63, 3.8) is 0 Å². The predicted octanol–water partition coefficient (Wildman–Crippen LogP) is -4.19. The number of aliphatic imine (C=N–C) groups is 3. The summed E-state index contributed by atoms with van der Waals surface area (Å²) in [6.45, 7) is 6.43. The van der Waals surface area contributed by atoms with Gasteiger partial charge in [0, 0.05) is 50.7 Å². The van der Waals surface area contributed by atoms with Crippen LogP contribution >= 0.6 is 25.3 Å². The number of alkyl carbamates (subject to hydrolysis) is 1. The summed E-state index contributed by atoms with van der Waals surface area (Å²) in [5, 5.41) is 34.2. The number of amides is 11. The highest BCUT2D eigenvalue weighted by Crippen LogP contribution is 2.20. The van der Waals surface area contributed by atoms with Crippen LogP contribution in [0.2, 0.25) is 0 Å². The molecule has 2 rings (SSSR count). The number of aliphatic hydroxyl groups is 1. The second kappa shape index (κ2) is 44.9. The van der Waals surface area contributed by atoms with Gasteiger partial charge in [-0.1, -0.05) is 58.0 Å². The van der Waals surface area contributed by atoms with Crippen molar-refractivity contribution in [3.8, 4) is 0 Å². The number of carbonyl (C=O) groups is 11. The lowest BCUT2D eigenvalue weighted by atomic mass is 9.98. The summed E-state index contributed by atoms with van der Waals surface area (Å²) in [6, 6.07) is -3.74. The van der Waals surface area contributed by atoms with Gasteiger partial charge in [-0.05, 0) is 94.4 Å². The normalized spacial score (nSPS) is 15.1. The minimum absolute atomic E-state index is 0.000470. The number of ether oxygens (including phenoxy) is 2. The number of aliphatic hydroxyl groups excluding tert-OH is 1. The van der Waals surface area contributed by atoms with E-state index >= 15 is 0 Å². The van der Waals surface area contributed by atoms with Crippen LogP contribution < -0.4 is 88.0 Å². The summed E-state index contributed by atoms with van der Waals surface area (Å²) in [7, 11) is 0. The second-order valence-corrected chi connectivity index (χ2v) is 23.8. The number of primary amides is 1. The fraction of sp³-hybridized carbons (Fsp3) is 0.655. The molecule has 1 aliphatic rings. The number of nitrogens with one attached hydrogen (secondary N) is 9. The topological polar surface area (TPSA) is 557 Å². The molecule has 1 heterocycles. The van der Waals surface area contributed by atoms with E-state index in [1.165, 1.54) is 4.90 Å². The Balaban J connectivity index is 2.46. The number of hydrogen-bond acceptors (Lipinski definition) is 19. The van der Waals surface area contributed by atoms with Crippen LogP contribution in [0, 0.1) is 11.8 Å². The van der Waals surface area contributed by atoms with Crippen LogP contribution in [0.3, 0.4) is 0 Å².